The largest absolute Gasteiger partial charge is 0.495 e. The zero-order chi connectivity index (χ0) is 21.0. The number of benzene rings is 2. The third kappa shape index (κ3) is 4.71. The van der Waals surface area contributed by atoms with E-state index in [1.165, 1.54) is 36.8 Å². The first-order chi connectivity index (χ1) is 13.9. The third-order valence-corrected chi connectivity index (χ3v) is 5.07. The molecule has 0 fully saturated rings. The molecule has 0 radical (unpaired) electrons. The molecule has 0 spiro atoms. The van der Waals surface area contributed by atoms with Crippen molar-refractivity contribution in [1.82, 2.24) is 5.32 Å². The molecule has 152 valence electrons. The molecule has 8 heteroatoms. The van der Waals surface area contributed by atoms with Crippen LogP contribution in [0.15, 0.2) is 36.4 Å². The number of hydrogen-bond acceptors (Lipinski definition) is 5. The highest BCUT2D eigenvalue weighted by molar-refractivity contribution is 6.39. The molecule has 0 saturated heterocycles. The van der Waals surface area contributed by atoms with E-state index in [0.717, 1.165) is 30.9 Å². The lowest BCUT2D eigenvalue weighted by Crippen LogP contribution is -2.37. The summed E-state index contributed by atoms with van der Waals surface area (Å²) in [5.74, 6) is -1.53. The number of carbonyl (C=O) groups is 2. The van der Waals surface area contributed by atoms with Crippen LogP contribution in [0.4, 0.5) is 11.4 Å². The zero-order valence-corrected chi connectivity index (χ0v) is 16.4. The predicted molar refractivity (Wildman–Crippen MR) is 108 cm³/mol. The molecule has 2 aromatic carbocycles. The van der Waals surface area contributed by atoms with Gasteiger partial charge in [0.15, 0.2) is 0 Å². The van der Waals surface area contributed by atoms with Gasteiger partial charge in [0.1, 0.15) is 5.75 Å². The number of fused-ring (bicyclic) bond motifs is 1. The SMILES string of the molecule is COc1ccc([N+](=O)[O-])cc1NC(=O)C(=O)NC(C)c1ccc2c(c1)CCCC2. The van der Waals surface area contributed by atoms with Crippen molar-refractivity contribution in [3.63, 3.8) is 0 Å². The first kappa shape index (κ1) is 20.3. The fourth-order valence-corrected chi connectivity index (χ4v) is 3.45. The normalized spacial score (nSPS) is 13.7. The minimum absolute atomic E-state index is 0.0586. The summed E-state index contributed by atoms with van der Waals surface area (Å²) in [7, 11) is 1.37. The van der Waals surface area contributed by atoms with Crippen molar-refractivity contribution >= 4 is 23.2 Å². The summed E-state index contributed by atoms with van der Waals surface area (Å²) < 4.78 is 5.09. The van der Waals surface area contributed by atoms with Gasteiger partial charge >= 0.3 is 11.8 Å². The van der Waals surface area contributed by atoms with Crippen LogP contribution in [0.3, 0.4) is 0 Å². The van der Waals surface area contributed by atoms with Crippen LogP contribution in [-0.2, 0) is 22.4 Å². The van der Waals surface area contributed by atoms with Crippen LogP contribution in [0.2, 0.25) is 0 Å². The number of nitrogens with one attached hydrogen (secondary N) is 2. The fraction of sp³-hybridized carbons (Fsp3) is 0.333. The molecule has 0 aliphatic heterocycles. The van der Waals surface area contributed by atoms with Crippen LogP contribution in [-0.4, -0.2) is 23.8 Å². The van der Waals surface area contributed by atoms with Gasteiger partial charge < -0.3 is 15.4 Å². The van der Waals surface area contributed by atoms with Crippen molar-refractivity contribution in [2.45, 2.75) is 38.6 Å². The number of rotatable bonds is 5. The van der Waals surface area contributed by atoms with Crippen molar-refractivity contribution in [1.29, 1.82) is 0 Å². The maximum Gasteiger partial charge on any atom is 0.313 e. The number of ether oxygens (including phenoxy) is 1. The Balaban J connectivity index is 1.68. The summed E-state index contributed by atoms with van der Waals surface area (Å²) in [5, 5.41) is 16.0. The van der Waals surface area contributed by atoms with Crippen LogP contribution in [0.25, 0.3) is 0 Å². The number of anilines is 1. The summed E-state index contributed by atoms with van der Waals surface area (Å²) in [6.07, 6.45) is 4.45. The minimum Gasteiger partial charge on any atom is -0.495 e. The Morgan fingerprint density at radius 2 is 1.79 bits per heavy atom. The molecule has 1 aliphatic rings. The van der Waals surface area contributed by atoms with Gasteiger partial charge in [0.05, 0.1) is 23.8 Å². The van der Waals surface area contributed by atoms with E-state index < -0.39 is 16.7 Å². The Morgan fingerprint density at radius 1 is 1.07 bits per heavy atom. The molecule has 1 unspecified atom stereocenters. The maximum atomic E-state index is 12.3. The Labute approximate surface area is 168 Å². The van der Waals surface area contributed by atoms with Crippen molar-refractivity contribution in [3.05, 3.63) is 63.2 Å². The highest BCUT2D eigenvalue weighted by atomic mass is 16.6. The molecule has 2 N–H and O–H groups in total. The average Bonchev–Trinajstić information content (AvgIpc) is 2.73. The van der Waals surface area contributed by atoms with Crippen LogP contribution >= 0.6 is 0 Å². The summed E-state index contributed by atoms with van der Waals surface area (Å²) in [6.45, 7) is 1.81. The number of nitro benzene ring substituents is 1. The van der Waals surface area contributed by atoms with Crippen LogP contribution in [0.5, 0.6) is 5.75 Å². The lowest BCUT2D eigenvalue weighted by molar-refractivity contribution is -0.384. The fourth-order valence-electron chi connectivity index (χ4n) is 3.45. The van der Waals surface area contributed by atoms with Crippen LogP contribution in [0, 0.1) is 10.1 Å². The monoisotopic (exact) mass is 397 g/mol. The summed E-state index contributed by atoms with van der Waals surface area (Å²) >= 11 is 0. The third-order valence-electron chi connectivity index (χ3n) is 5.07. The van der Waals surface area contributed by atoms with Gasteiger partial charge in [-0.05, 0) is 55.4 Å². The molecule has 29 heavy (non-hydrogen) atoms. The second-order valence-corrected chi connectivity index (χ2v) is 7.03. The number of non-ortho nitro benzene ring substituents is 1. The molecule has 2 aromatic rings. The second-order valence-electron chi connectivity index (χ2n) is 7.03. The molecule has 0 heterocycles. The first-order valence-electron chi connectivity index (χ1n) is 9.45. The van der Waals surface area contributed by atoms with Gasteiger partial charge in [-0.1, -0.05) is 18.2 Å². The average molecular weight is 397 g/mol. The topological polar surface area (TPSA) is 111 Å². The van der Waals surface area contributed by atoms with Gasteiger partial charge in [-0.3, -0.25) is 19.7 Å². The van der Waals surface area contributed by atoms with E-state index in [9.17, 15) is 19.7 Å². The molecular weight excluding hydrogens is 374 g/mol. The number of hydrogen-bond donors (Lipinski definition) is 2. The van der Waals surface area contributed by atoms with E-state index in [-0.39, 0.29) is 23.2 Å². The second kappa shape index (κ2) is 8.72. The number of methoxy groups -OCH3 is 1. The molecule has 1 aliphatic carbocycles. The van der Waals surface area contributed by atoms with Gasteiger partial charge in [0.25, 0.3) is 5.69 Å². The van der Waals surface area contributed by atoms with Crippen LogP contribution in [0.1, 0.15) is 42.5 Å². The van der Waals surface area contributed by atoms with E-state index >= 15 is 0 Å². The Kier molecular flexibility index (Phi) is 6.11. The van der Waals surface area contributed by atoms with E-state index in [0.29, 0.717) is 0 Å². The highest BCUT2D eigenvalue weighted by Gasteiger charge is 2.21. The van der Waals surface area contributed by atoms with Gasteiger partial charge in [0.2, 0.25) is 0 Å². The van der Waals surface area contributed by atoms with Crippen LogP contribution < -0.4 is 15.4 Å². The molecule has 2 amide bonds. The highest BCUT2D eigenvalue weighted by Crippen LogP contribution is 2.29. The molecule has 0 saturated carbocycles. The lowest BCUT2D eigenvalue weighted by Gasteiger charge is -2.20. The molecule has 8 nitrogen and oxygen atoms in total. The van der Waals surface area contributed by atoms with E-state index in [1.54, 1.807) is 0 Å². The summed E-state index contributed by atoms with van der Waals surface area (Å²) in [6, 6.07) is 9.55. The first-order valence-corrected chi connectivity index (χ1v) is 9.45. The maximum absolute atomic E-state index is 12.3. The van der Waals surface area contributed by atoms with Gasteiger partial charge in [-0.15, -0.1) is 0 Å². The smallest absolute Gasteiger partial charge is 0.313 e. The molecule has 3 rings (SSSR count). The van der Waals surface area contributed by atoms with E-state index in [4.69, 9.17) is 4.74 Å². The summed E-state index contributed by atoms with van der Waals surface area (Å²) in [5.41, 5.74) is 3.40. The van der Waals surface area contributed by atoms with Crippen molar-refractivity contribution in [2.24, 2.45) is 0 Å². The molecule has 0 aromatic heterocycles. The predicted octanol–water partition coefficient (Wildman–Crippen LogP) is 3.30. The molecular formula is C21H23N3O5. The van der Waals surface area contributed by atoms with E-state index in [1.807, 2.05) is 13.0 Å². The zero-order valence-electron chi connectivity index (χ0n) is 16.4. The number of amides is 2. The Morgan fingerprint density at radius 3 is 2.48 bits per heavy atom. The number of nitrogens with zero attached hydrogens (tertiary/aromatic N) is 1. The van der Waals surface area contributed by atoms with E-state index in [2.05, 4.69) is 22.8 Å². The van der Waals surface area contributed by atoms with Crippen molar-refractivity contribution < 1.29 is 19.2 Å². The van der Waals surface area contributed by atoms with Gasteiger partial charge in [-0.25, -0.2) is 0 Å². The standard InChI is InChI=1S/C21H23N3O5/c1-13(15-8-7-14-5-3-4-6-16(14)11-15)22-20(25)21(26)23-18-12-17(24(27)28)9-10-19(18)29-2/h7-13H,3-6H2,1-2H3,(H,22,25)(H,23,26). The Hall–Kier alpha value is -3.42. The van der Waals surface area contributed by atoms with Gasteiger partial charge in [-0.2, -0.15) is 0 Å². The quantitative estimate of drug-likeness (QED) is 0.457. The minimum atomic E-state index is -0.923. The molecule has 1 atom stereocenters. The van der Waals surface area contributed by atoms with Crippen molar-refractivity contribution in [3.8, 4) is 5.75 Å². The number of carbonyl (C=O) groups excluding carboxylic acids is 2. The van der Waals surface area contributed by atoms with Gasteiger partial charge in [0, 0.05) is 12.1 Å². The lowest BCUT2D eigenvalue weighted by atomic mass is 9.89. The number of aryl methyl sites for hydroxylation is 2. The number of nitro groups is 1. The van der Waals surface area contributed by atoms with Crippen molar-refractivity contribution in [2.75, 3.05) is 12.4 Å². The summed E-state index contributed by atoms with van der Waals surface area (Å²) in [4.78, 5) is 35.0. The molecule has 0 bridgehead atoms. The Bertz CT molecular complexity index is 957.